The van der Waals surface area contributed by atoms with Gasteiger partial charge in [-0.2, -0.15) is 0 Å². The molecular formula is C6H8ClNO. The topological polar surface area (TPSA) is 36.0 Å². The average molecular weight is 146 g/mol. The summed E-state index contributed by atoms with van der Waals surface area (Å²) in [6, 6.07) is 3.62. The molecule has 0 radical (unpaired) electrons. The number of aromatic nitrogens is 1. The van der Waals surface area contributed by atoms with Crippen LogP contribution in [0.15, 0.2) is 18.3 Å². The molecule has 1 rings (SSSR count). The van der Waals surface area contributed by atoms with Gasteiger partial charge in [0.25, 0.3) is 0 Å². The minimum atomic E-state index is -0.554. The molecule has 9 heavy (non-hydrogen) atoms. The van der Waals surface area contributed by atoms with Gasteiger partial charge in [-0.05, 0) is 12.1 Å². The van der Waals surface area contributed by atoms with Crippen LogP contribution in [0.2, 0.25) is 0 Å². The molecule has 0 fully saturated rings. The van der Waals surface area contributed by atoms with E-state index in [4.69, 9.17) is 16.7 Å². The van der Waals surface area contributed by atoms with Crippen molar-refractivity contribution in [2.45, 2.75) is 6.10 Å². The predicted octanol–water partition coefficient (Wildman–Crippen LogP) is 1.29. The molecule has 0 aliphatic rings. The first-order valence-electron chi connectivity index (χ1n) is 2.72. The fraction of sp³-hybridized carbons (Fsp3) is 0.333. The van der Waals surface area contributed by atoms with Crippen molar-refractivity contribution in [2.75, 3.05) is 5.88 Å². The van der Waals surface area contributed by atoms with E-state index in [2.05, 4.69) is 4.98 Å². The smallest absolute Gasteiger partial charge is 0.107 e. The average Bonchev–Trinajstić information content (AvgIpc) is 2.37. The molecule has 1 atom stereocenters. The Balaban J connectivity index is 2.65. The van der Waals surface area contributed by atoms with Crippen molar-refractivity contribution in [1.29, 1.82) is 0 Å². The molecule has 1 unspecified atom stereocenters. The fourth-order valence-electron chi connectivity index (χ4n) is 0.635. The monoisotopic (exact) mass is 145 g/mol. The highest BCUT2D eigenvalue weighted by Crippen LogP contribution is 2.09. The molecule has 0 saturated carbocycles. The van der Waals surface area contributed by atoms with Crippen molar-refractivity contribution in [3.63, 3.8) is 0 Å². The van der Waals surface area contributed by atoms with E-state index in [0.717, 1.165) is 5.69 Å². The molecule has 0 saturated heterocycles. The third-order valence-electron chi connectivity index (χ3n) is 1.13. The molecule has 3 heteroatoms. The van der Waals surface area contributed by atoms with Gasteiger partial charge in [-0.3, -0.25) is 0 Å². The summed E-state index contributed by atoms with van der Waals surface area (Å²) in [6.45, 7) is 0. The van der Waals surface area contributed by atoms with Crippen molar-refractivity contribution in [3.05, 3.63) is 24.0 Å². The summed E-state index contributed by atoms with van der Waals surface area (Å²) >= 11 is 5.37. The van der Waals surface area contributed by atoms with Crippen LogP contribution in [-0.4, -0.2) is 16.0 Å². The van der Waals surface area contributed by atoms with E-state index in [9.17, 15) is 0 Å². The van der Waals surface area contributed by atoms with E-state index in [1.54, 1.807) is 12.3 Å². The molecule has 0 spiro atoms. The molecule has 50 valence electrons. The normalized spacial score (nSPS) is 13.6. The zero-order valence-corrected chi connectivity index (χ0v) is 5.60. The Morgan fingerprint density at radius 1 is 1.78 bits per heavy atom. The number of aliphatic hydroxyl groups excluding tert-OH is 1. The van der Waals surface area contributed by atoms with Crippen molar-refractivity contribution in [2.24, 2.45) is 0 Å². The standard InChI is InChI=1S/C6H8ClNO/c7-4-6(9)5-2-1-3-8-5/h1-3,6,8-9H,4H2. The number of aliphatic hydroxyl groups is 1. The summed E-state index contributed by atoms with van der Waals surface area (Å²) in [5, 5.41) is 9.05. The highest BCUT2D eigenvalue weighted by Gasteiger charge is 2.03. The summed E-state index contributed by atoms with van der Waals surface area (Å²) in [6.07, 6.45) is 1.20. The molecular weight excluding hydrogens is 138 g/mol. The third-order valence-corrected chi connectivity index (χ3v) is 1.42. The molecule has 2 N–H and O–H groups in total. The van der Waals surface area contributed by atoms with Crippen molar-refractivity contribution in [3.8, 4) is 0 Å². The second kappa shape index (κ2) is 2.90. The Morgan fingerprint density at radius 2 is 2.56 bits per heavy atom. The maximum Gasteiger partial charge on any atom is 0.107 e. The van der Waals surface area contributed by atoms with Gasteiger partial charge in [0.15, 0.2) is 0 Å². The fourth-order valence-corrected chi connectivity index (χ4v) is 0.801. The SMILES string of the molecule is OC(CCl)c1ccc[nH]1. The van der Waals surface area contributed by atoms with Gasteiger partial charge >= 0.3 is 0 Å². The Labute approximate surface area is 58.5 Å². The maximum absolute atomic E-state index is 9.05. The largest absolute Gasteiger partial charge is 0.386 e. The Kier molecular flexibility index (Phi) is 2.14. The Hall–Kier alpha value is -0.470. The molecule has 0 bridgehead atoms. The minimum absolute atomic E-state index is 0.237. The second-order valence-electron chi connectivity index (χ2n) is 1.80. The van der Waals surface area contributed by atoms with Crippen molar-refractivity contribution < 1.29 is 5.11 Å². The summed E-state index contributed by atoms with van der Waals surface area (Å²) in [7, 11) is 0. The first-order valence-corrected chi connectivity index (χ1v) is 3.25. The third kappa shape index (κ3) is 1.47. The lowest BCUT2D eigenvalue weighted by Gasteiger charge is -2.00. The summed E-state index contributed by atoms with van der Waals surface area (Å²) in [5.41, 5.74) is 0.769. The number of rotatable bonds is 2. The first kappa shape index (κ1) is 6.65. The van der Waals surface area contributed by atoms with Gasteiger partial charge in [0.1, 0.15) is 6.10 Å². The van der Waals surface area contributed by atoms with E-state index in [-0.39, 0.29) is 5.88 Å². The number of H-pyrrole nitrogens is 1. The maximum atomic E-state index is 9.05. The van der Waals surface area contributed by atoms with Crippen LogP contribution in [-0.2, 0) is 0 Å². The van der Waals surface area contributed by atoms with Gasteiger partial charge in [0, 0.05) is 11.9 Å². The van der Waals surface area contributed by atoms with Crippen molar-refractivity contribution in [1.82, 2.24) is 4.98 Å². The number of hydrogen-bond donors (Lipinski definition) is 2. The molecule has 1 aromatic heterocycles. The zero-order chi connectivity index (χ0) is 6.69. The molecule has 1 aromatic rings. The molecule has 0 aliphatic heterocycles. The van der Waals surface area contributed by atoms with E-state index in [0.29, 0.717) is 0 Å². The summed E-state index contributed by atoms with van der Waals surface area (Å²) in [4.78, 5) is 2.85. The van der Waals surface area contributed by atoms with Crippen LogP contribution >= 0.6 is 11.6 Å². The minimum Gasteiger partial charge on any atom is -0.386 e. The lowest BCUT2D eigenvalue weighted by molar-refractivity contribution is 0.198. The van der Waals surface area contributed by atoms with E-state index < -0.39 is 6.10 Å². The van der Waals surface area contributed by atoms with Crippen LogP contribution in [0.3, 0.4) is 0 Å². The van der Waals surface area contributed by atoms with Gasteiger partial charge in [-0.1, -0.05) is 0 Å². The summed E-state index contributed by atoms with van der Waals surface area (Å²) < 4.78 is 0. The molecule has 0 aliphatic carbocycles. The quantitative estimate of drug-likeness (QED) is 0.605. The number of aromatic amines is 1. The van der Waals surface area contributed by atoms with Crippen LogP contribution in [0.25, 0.3) is 0 Å². The van der Waals surface area contributed by atoms with Crippen LogP contribution in [0.1, 0.15) is 11.8 Å². The predicted molar refractivity (Wildman–Crippen MR) is 36.5 cm³/mol. The van der Waals surface area contributed by atoms with Crippen LogP contribution < -0.4 is 0 Å². The number of alkyl halides is 1. The molecule has 1 heterocycles. The summed E-state index contributed by atoms with van der Waals surface area (Å²) in [5.74, 6) is 0.237. The van der Waals surface area contributed by atoms with Gasteiger partial charge in [0.2, 0.25) is 0 Å². The van der Waals surface area contributed by atoms with Crippen LogP contribution in [0.4, 0.5) is 0 Å². The second-order valence-corrected chi connectivity index (χ2v) is 2.10. The van der Waals surface area contributed by atoms with Gasteiger partial charge in [-0.25, -0.2) is 0 Å². The molecule has 0 amide bonds. The lowest BCUT2D eigenvalue weighted by atomic mass is 10.3. The lowest BCUT2D eigenvalue weighted by Crippen LogP contribution is -1.97. The van der Waals surface area contributed by atoms with Crippen molar-refractivity contribution >= 4 is 11.6 Å². The Bertz CT molecular complexity index is 162. The number of nitrogens with one attached hydrogen (secondary N) is 1. The molecule has 2 nitrogen and oxygen atoms in total. The van der Waals surface area contributed by atoms with Crippen LogP contribution in [0, 0.1) is 0 Å². The van der Waals surface area contributed by atoms with Gasteiger partial charge < -0.3 is 10.1 Å². The number of halogens is 1. The van der Waals surface area contributed by atoms with Crippen LogP contribution in [0.5, 0.6) is 0 Å². The first-order chi connectivity index (χ1) is 4.34. The van der Waals surface area contributed by atoms with E-state index in [1.165, 1.54) is 0 Å². The highest BCUT2D eigenvalue weighted by atomic mass is 35.5. The Morgan fingerprint density at radius 3 is 3.00 bits per heavy atom. The molecule has 0 aromatic carbocycles. The number of hydrogen-bond acceptors (Lipinski definition) is 1. The van der Waals surface area contributed by atoms with E-state index in [1.807, 2.05) is 6.07 Å². The van der Waals surface area contributed by atoms with Gasteiger partial charge in [0.05, 0.1) is 5.88 Å². The zero-order valence-electron chi connectivity index (χ0n) is 4.84. The van der Waals surface area contributed by atoms with E-state index >= 15 is 0 Å². The highest BCUT2D eigenvalue weighted by molar-refractivity contribution is 6.18. The van der Waals surface area contributed by atoms with Gasteiger partial charge in [-0.15, -0.1) is 11.6 Å².